The third-order valence-corrected chi connectivity index (χ3v) is 3.61. The van der Waals surface area contributed by atoms with Crippen molar-refractivity contribution in [3.63, 3.8) is 0 Å². The maximum atomic E-state index is 11.6. The fourth-order valence-electron chi connectivity index (χ4n) is 2.10. The van der Waals surface area contributed by atoms with Gasteiger partial charge in [-0.25, -0.2) is 9.59 Å². The SMILES string of the molecule is C=CC(=O)OCCOCCOCCOCCOC(=O)CCC(=O)ON1C(=O)CCC1=O. The van der Waals surface area contributed by atoms with Crippen LogP contribution >= 0.6 is 0 Å². The van der Waals surface area contributed by atoms with E-state index < -0.39 is 29.7 Å². The van der Waals surface area contributed by atoms with Gasteiger partial charge in [-0.2, -0.15) is 0 Å². The third-order valence-electron chi connectivity index (χ3n) is 3.61. The van der Waals surface area contributed by atoms with Gasteiger partial charge < -0.3 is 28.5 Å². The van der Waals surface area contributed by atoms with Crippen molar-refractivity contribution in [1.82, 2.24) is 5.06 Å². The van der Waals surface area contributed by atoms with E-state index in [9.17, 15) is 24.0 Å². The molecule has 0 spiro atoms. The minimum atomic E-state index is -0.865. The van der Waals surface area contributed by atoms with Crippen molar-refractivity contribution in [3.8, 4) is 0 Å². The van der Waals surface area contributed by atoms with Crippen LogP contribution in [-0.4, -0.2) is 87.6 Å². The predicted octanol–water partition coefficient (Wildman–Crippen LogP) is -0.304. The number of esters is 2. The van der Waals surface area contributed by atoms with Crippen LogP contribution in [0.25, 0.3) is 0 Å². The molecular weight excluding hydrogens is 418 g/mol. The Morgan fingerprint density at radius 1 is 0.742 bits per heavy atom. The fraction of sp³-hybridized carbons (Fsp3) is 0.632. The molecule has 1 fully saturated rings. The predicted molar refractivity (Wildman–Crippen MR) is 101 cm³/mol. The van der Waals surface area contributed by atoms with Gasteiger partial charge in [0.1, 0.15) is 13.2 Å². The zero-order valence-electron chi connectivity index (χ0n) is 17.2. The van der Waals surface area contributed by atoms with Gasteiger partial charge in [0, 0.05) is 18.9 Å². The van der Waals surface area contributed by atoms with Gasteiger partial charge in [-0.05, 0) is 0 Å². The Kier molecular flexibility index (Phi) is 13.5. The van der Waals surface area contributed by atoms with E-state index in [2.05, 4.69) is 11.4 Å². The molecule has 0 atom stereocenters. The molecule has 31 heavy (non-hydrogen) atoms. The van der Waals surface area contributed by atoms with E-state index in [1.807, 2.05) is 0 Å². The summed E-state index contributed by atoms with van der Waals surface area (Å²) in [5.41, 5.74) is 0. The van der Waals surface area contributed by atoms with E-state index in [1.54, 1.807) is 0 Å². The van der Waals surface area contributed by atoms with Crippen LogP contribution in [0.3, 0.4) is 0 Å². The Labute approximate surface area is 179 Å². The smallest absolute Gasteiger partial charge is 0.333 e. The Morgan fingerprint density at radius 3 is 1.71 bits per heavy atom. The van der Waals surface area contributed by atoms with Gasteiger partial charge >= 0.3 is 17.9 Å². The summed E-state index contributed by atoms with van der Waals surface area (Å²) in [4.78, 5) is 61.1. The monoisotopic (exact) mass is 445 g/mol. The molecule has 1 heterocycles. The summed E-state index contributed by atoms with van der Waals surface area (Å²) in [5, 5.41) is 0.427. The number of hydroxylamine groups is 2. The number of hydrogen-bond acceptors (Lipinski definition) is 11. The summed E-state index contributed by atoms with van der Waals surface area (Å²) in [6.07, 6.45) is 0.517. The zero-order chi connectivity index (χ0) is 22.9. The number of carbonyl (C=O) groups excluding carboxylic acids is 5. The zero-order valence-corrected chi connectivity index (χ0v) is 17.2. The van der Waals surface area contributed by atoms with Gasteiger partial charge in [0.25, 0.3) is 11.8 Å². The molecule has 12 nitrogen and oxygen atoms in total. The molecular formula is C19H27NO11. The lowest BCUT2D eigenvalue weighted by molar-refractivity contribution is -0.197. The van der Waals surface area contributed by atoms with Crippen molar-refractivity contribution < 1.29 is 52.5 Å². The topological polar surface area (TPSA) is 144 Å². The number of imide groups is 1. The normalized spacial score (nSPS) is 13.2. The molecule has 0 aromatic carbocycles. The van der Waals surface area contributed by atoms with Crippen LogP contribution in [0.2, 0.25) is 0 Å². The van der Waals surface area contributed by atoms with E-state index in [1.165, 1.54) is 0 Å². The molecule has 0 bridgehead atoms. The first-order valence-electron chi connectivity index (χ1n) is 9.68. The highest BCUT2D eigenvalue weighted by molar-refractivity contribution is 6.01. The van der Waals surface area contributed by atoms with Gasteiger partial charge in [0.2, 0.25) is 0 Å². The molecule has 0 aromatic heterocycles. The highest BCUT2D eigenvalue weighted by Crippen LogP contribution is 2.13. The number of rotatable bonds is 17. The van der Waals surface area contributed by atoms with Crippen molar-refractivity contribution in [2.24, 2.45) is 0 Å². The number of amides is 2. The number of hydrogen-bond donors (Lipinski definition) is 0. The highest BCUT2D eigenvalue weighted by atomic mass is 16.7. The Morgan fingerprint density at radius 2 is 1.19 bits per heavy atom. The molecule has 1 rings (SSSR count). The Hall–Kier alpha value is -2.83. The summed E-state index contributed by atoms with van der Waals surface area (Å²) in [6.45, 7) is 5.13. The summed E-state index contributed by atoms with van der Waals surface area (Å²) >= 11 is 0. The van der Waals surface area contributed by atoms with Crippen LogP contribution in [0.5, 0.6) is 0 Å². The molecule has 0 aliphatic carbocycles. The molecule has 0 saturated carbocycles. The standard InChI is InChI=1S/C19H27NO11/c1-2-17(23)29-13-11-27-9-7-26-8-10-28-12-14-30-18(24)5-6-19(25)31-20-15(21)3-4-16(20)22/h2H,1,3-14H2. The van der Waals surface area contributed by atoms with Crippen molar-refractivity contribution >= 4 is 29.7 Å². The quantitative estimate of drug-likeness (QED) is 0.126. The van der Waals surface area contributed by atoms with Gasteiger partial charge in [0.15, 0.2) is 0 Å². The summed E-state index contributed by atoms with van der Waals surface area (Å²) < 4.78 is 25.3. The molecule has 0 N–H and O–H groups in total. The van der Waals surface area contributed by atoms with E-state index in [0.717, 1.165) is 6.08 Å². The summed E-state index contributed by atoms with van der Waals surface area (Å²) in [7, 11) is 0. The number of ether oxygens (including phenoxy) is 5. The lowest BCUT2D eigenvalue weighted by atomic mass is 10.3. The molecule has 1 aliphatic heterocycles. The van der Waals surface area contributed by atoms with Crippen LogP contribution in [-0.2, 0) is 52.5 Å². The van der Waals surface area contributed by atoms with Crippen LogP contribution < -0.4 is 0 Å². The second kappa shape index (κ2) is 15.9. The molecule has 1 aliphatic rings. The van der Waals surface area contributed by atoms with Crippen LogP contribution in [0.4, 0.5) is 0 Å². The highest BCUT2D eigenvalue weighted by Gasteiger charge is 2.32. The first-order valence-corrected chi connectivity index (χ1v) is 9.68. The molecule has 2 amide bonds. The van der Waals surface area contributed by atoms with E-state index >= 15 is 0 Å². The van der Waals surface area contributed by atoms with E-state index in [0.29, 0.717) is 31.5 Å². The minimum absolute atomic E-state index is 0.00198. The van der Waals surface area contributed by atoms with E-state index in [-0.39, 0.29) is 52.1 Å². The van der Waals surface area contributed by atoms with Crippen LogP contribution in [0, 0.1) is 0 Å². The average Bonchev–Trinajstić information content (AvgIpc) is 3.07. The van der Waals surface area contributed by atoms with Gasteiger partial charge in [0.05, 0.1) is 52.5 Å². The van der Waals surface area contributed by atoms with Crippen molar-refractivity contribution in [2.45, 2.75) is 25.7 Å². The van der Waals surface area contributed by atoms with Crippen LogP contribution in [0.15, 0.2) is 12.7 Å². The van der Waals surface area contributed by atoms with E-state index in [4.69, 9.17) is 23.7 Å². The lowest BCUT2D eigenvalue weighted by Crippen LogP contribution is -2.32. The van der Waals surface area contributed by atoms with Crippen molar-refractivity contribution in [2.75, 3.05) is 52.9 Å². The lowest BCUT2D eigenvalue weighted by Gasteiger charge is -2.12. The fourth-order valence-corrected chi connectivity index (χ4v) is 2.10. The summed E-state index contributed by atoms with van der Waals surface area (Å²) in [6, 6.07) is 0. The largest absolute Gasteiger partial charge is 0.463 e. The Balaban J connectivity index is 1.87. The first-order chi connectivity index (χ1) is 14.9. The average molecular weight is 445 g/mol. The molecule has 1 saturated heterocycles. The van der Waals surface area contributed by atoms with Crippen molar-refractivity contribution in [1.29, 1.82) is 0 Å². The maximum absolute atomic E-state index is 11.6. The minimum Gasteiger partial charge on any atom is -0.463 e. The third kappa shape index (κ3) is 12.5. The molecule has 0 aromatic rings. The van der Waals surface area contributed by atoms with Crippen molar-refractivity contribution in [3.05, 3.63) is 12.7 Å². The first kappa shape index (κ1) is 26.2. The van der Waals surface area contributed by atoms with Gasteiger partial charge in [-0.3, -0.25) is 14.4 Å². The second-order valence-electron chi connectivity index (χ2n) is 5.97. The summed E-state index contributed by atoms with van der Waals surface area (Å²) in [5.74, 6) is -3.16. The number of carbonyl (C=O) groups is 5. The van der Waals surface area contributed by atoms with Gasteiger partial charge in [-0.1, -0.05) is 6.58 Å². The molecule has 0 radical (unpaired) electrons. The van der Waals surface area contributed by atoms with Gasteiger partial charge in [-0.15, -0.1) is 5.06 Å². The Bertz CT molecular complexity index is 618. The second-order valence-corrected chi connectivity index (χ2v) is 5.97. The molecule has 0 unspecified atom stereocenters. The molecule has 12 heteroatoms. The number of nitrogens with zero attached hydrogens (tertiary/aromatic N) is 1. The molecule has 174 valence electrons. The van der Waals surface area contributed by atoms with Crippen LogP contribution in [0.1, 0.15) is 25.7 Å². The maximum Gasteiger partial charge on any atom is 0.333 e.